The molecule has 0 fully saturated rings. The molecule has 1 aromatic rings. The van der Waals surface area contributed by atoms with Gasteiger partial charge in [-0.25, -0.2) is 0 Å². The molecule has 1 N–H and O–H groups in total. The molecular weight excluding hydrogens is 190 g/mol. The number of hydrogen-bond acceptors (Lipinski definition) is 2. The second kappa shape index (κ2) is 6.87. The summed E-state index contributed by atoms with van der Waals surface area (Å²) in [6.45, 7) is 6.60. The first-order valence-electron chi connectivity index (χ1n) is 5.19. The second-order valence-electron chi connectivity index (χ2n) is 2.87. The highest BCUT2D eigenvalue weighted by Crippen LogP contribution is 2.10. The summed E-state index contributed by atoms with van der Waals surface area (Å²) in [5.41, 5.74) is 0.599. The first-order chi connectivity index (χ1) is 7.15. The molecule has 0 aliphatic heterocycles. The van der Waals surface area contributed by atoms with Gasteiger partial charge in [0.15, 0.2) is 0 Å². The maximum absolute atomic E-state index is 11.5. The molecule has 0 aliphatic rings. The molecule has 1 amide bonds. The average Bonchev–Trinajstić information content (AvgIpc) is 2.31. The molecule has 0 radical (unpaired) electrons. The summed E-state index contributed by atoms with van der Waals surface area (Å²) in [4.78, 5) is 13.1. The minimum absolute atomic E-state index is 0.0255. The Morgan fingerprint density at radius 1 is 1.27 bits per heavy atom. The molecule has 0 aliphatic carbocycles. The zero-order valence-corrected chi connectivity index (χ0v) is 9.82. The molecule has 1 aromatic carbocycles. The van der Waals surface area contributed by atoms with Crippen LogP contribution in [0.1, 0.15) is 31.1 Å². The normalized spacial score (nSPS) is 8.80. The van der Waals surface area contributed by atoms with Crippen LogP contribution in [0.4, 0.5) is 0 Å². The third-order valence-corrected chi connectivity index (χ3v) is 1.94. The molecule has 84 valence electrons. The van der Waals surface area contributed by atoms with Crippen LogP contribution in [0.3, 0.4) is 0 Å². The molecule has 0 heterocycles. The van der Waals surface area contributed by atoms with Crippen molar-refractivity contribution in [1.82, 2.24) is 4.90 Å². The Kier molecular flexibility index (Phi) is 6.18. The lowest BCUT2D eigenvalue weighted by Gasteiger charge is -2.13. The van der Waals surface area contributed by atoms with Gasteiger partial charge >= 0.3 is 0 Å². The summed E-state index contributed by atoms with van der Waals surface area (Å²) in [5, 5.41) is 9.01. The molecule has 1 rings (SSSR count). The highest BCUT2D eigenvalue weighted by atomic mass is 16.3. The van der Waals surface area contributed by atoms with E-state index in [1.54, 1.807) is 24.1 Å². The zero-order valence-electron chi connectivity index (χ0n) is 9.82. The van der Waals surface area contributed by atoms with Gasteiger partial charge in [-0.1, -0.05) is 13.8 Å². The van der Waals surface area contributed by atoms with Crippen LogP contribution in [0, 0.1) is 0 Å². The summed E-state index contributed by atoms with van der Waals surface area (Å²) >= 11 is 0. The molecule has 0 spiro atoms. The van der Waals surface area contributed by atoms with Crippen LogP contribution in [0.25, 0.3) is 0 Å². The standard InChI is InChI=1S/C10H13NO2.C2H6/c1-3-11(2)10(13)8-4-6-9(12)7-5-8;1-2/h4-7,12H,3H2,1-2H3;1-2H3. The Hall–Kier alpha value is -1.51. The molecule has 0 bridgehead atoms. The summed E-state index contributed by atoms with van der Waals surface area (Å²) < 4.78 is 0. The van der Waals surface area contributed by atoms with E-state index in [0.717, 1.165) is 0 Å². The van der Waals surface area contributed by atoms with E-state index in [1.165, 1.54) is 12.1 Å². The van der Waals surface area contributed by atoms with Gasteiger partial charge in [0.1, 0.15) is 5.75 Å². The van der Waals surface area contributed by atoms with E-state index in [0.29, 0.717) is 12.1 Å². The third kappa shape index (κ3) is 4.02. The number of carbonyl (C=O) groups is 1. The lowest BCUT2D eigenvalue weighted by atomic mass is 10.2. The van der Waals surface area contributed by atoms with Gasteiger partial charge < -0.3 is 10.0 Å². The molecule has 15 heavy (non-hydrogen) atoms. The molecular formula is C12H19NO2. The average molecular weight is 209 g/mol. The molecule has 0 atom stereocenters. The smallest absolute Gasteiger partial charge is 0.253 e. The van der Waals surface area contributed by atoms with Crippen molar-refractivity contribution in [3.8, 4) is 5.75 Å². The number of aromatic hydroxyl groups is 1. The second-order valence-corrected chi connectivity index (χ2v) is 2.87. The zero-order chi connectivity index (χ0) is 11.8. The van der Waals surface area contributed by atoms with E-state index in [9.17, 15) is 4.79 Å². The van der Waals surface area contributed by atoms with E-state index >= 15 is 0 Å². The van der Waals surface area contributed by atoms with E-state index in [1.807, 2.05) is 20.8 Å². The summed E-state index contributed by atoms with van der Waals surface area (Å²) in [6.07, 6.45) is 0. The SMILES string of the molecule is CC.CCN(C)C(=O)c1ccc(O)cc1. The van der Waals surface area contributed by atoms with Gasteiger partial charge in [0.2, 0.25) is 0 Å². The van der Waals surface area contributed by atoms with Crippen LogP contribution in [-0.2, 0) is 0 Å². The summed E-state index contributed by atoms with van der Waals surface area (Å²) in [5.74, 6) is 0.151. The number of phenols is 1. The van der Waals surface area contributed by atoms with E-state index in [4.69, 9.17) is 5.11 Å². The largest absolute Gasteiger partial charge is 0.508 e. The minimum Gasteiger partial charge on any atom is -0.508 e. The fourth-order valence-corrected chi connectivity index (χ4v) is 0.968. The first kappa shape index (κ1) is 13.5. The van der Waals surface area contributed by atoms with E-state index < -0.39 is 0 Å². The first-order valence-corrected chi connectivity index (χ1v) is 5.19. The van der Waals surface area contributed by atoms with Crippen molar-refractivity contribution in [1.29, 1.82) is 0 Å². The van der Waals surface area contributed by atoms with Crippen molar-refractivity contribution in [2.24, 2.45) is 0 Å². The molecule has 3 heteroatoms. The highest BCUT2D eigenvalue weighted by molar-refractivity contribution is 5.94. The van der Waals surface area contributed by atoms with Crippen LogP contribution in [0.5, 0.6) is 5.75 Å². The predicted octanol–water partition coefficient (Wildman–Crippen LogP) is 2.51. The number of hydrogen-bond donors (Lipinski definition) is 1. The maximum Gasteiger partial charge on any atom is 0.253 e. The van der Waals surface area contributed by atoms with Gasteiger partial charge in [0, 0.05) is 19.2 Å². The lowest BCUT2D eigenvalue weighted by molar-refractivity contribution is 0.0802. The Balaban J connectivity index is 0.000000921. The van der Waals surface area contributed by atoms with Crippen LogP contribution in [-0.4, -0.2) is 29.5 Å². The Bertz CT molecular complexity index is 293. The lowest BCUT2D eigenvalue weighted by Crippen LogP contribution is -2.25. The van der Waals surface area contributed by atoms with Gasteiger partial charge in [-0.15, -0.1) is 0 Å². The van der Waals surface area contributed by atoms with Crippen molar-refractivity contribution >= 4 is 5.91 Å². The maximum atomic E-state index is 11.5. The van der Waals surface area contributed by atoms with E-state index in [2.05, 4.69) is 0 Å². The molecule has 0 saturated heterocycles. The summed E-state index contributed by atoms with van der Waals surface area (Å²) in [6, 6.07) is 6.25. The number of phenolic OH excluding ortho intramolecular Hbond substituents is 1. The van der Waals surface area contributed by atoms with Gasteiger partial charge in [-0.3, -0.25) is 4.79 Å². The third-order valence-electron chi connectivity index (χ3n) is 1.94. The number of benzene rings is 1. The van der Waals surface area contributed by atoms with Crippen molar-refractivity contribution in [3.63, 3.8) is 0 Å². The Labute approximate surface area is 91.3 Å². The number of rotatable bonds is 2. The fourth-order valence-electron chi connectivity index (χ4n) is 0.968. The van der Waals surface area contributed by atoms with Crippen molar-refractivity contribution in [2.45, 2.75) is 20.8 Å². The fraction of sp³-hybridized carbons (Fsp3) is 0.417. The van der Waals surface area contributed by atoms with Crippen LogP contribution in [0.2, 0.25) is 0 Å². The number of carbonyl (C=O) groups excluding carboxylic acids is 1. The Morgan fingerprint density at radius 3 is 2.13 bits per heavy atom. The molecule has 0 saturated carbocycles. The minimum atomic E-state index is -0.0255. The van der Waals surface area contributed by atoms with Crippen molar-refractivity contribution in [3.05, 3.63) is 29.8 Å². The van der Waals surface area contributed by atoms with Crippen molar-refractivity contribution in [2.75, 3.05) is 13.6 Å². The molecule has 0 aromatic heterocycles. The molecule has 3 nitrogen and oxygen atoms in total. The van der Waals surface area contributed by atoms with Gasteiger partial charge in [0.05, 0.1) is 0 Å². The van der Waals surface area contributed by atoms with Gasteiger partial charge in [-0.2, -0.15) is 0 Å². The van der Waals surface area contributed by atoms with Crippen molar-refractivity contribution < 1.29 is 9.90 Å². The highest BCUT2D eigenvalue weighted by Gasteiger charge is 2.08. The monoisotopic (exact) mass is 209 g/mol. The quantitative estimate of drug-likeness (QED) is 0.813. The van der Waals surface area contributed by atoms with Gasteiger partial charge in [0.25, 0.3) is 5.91 Å². The Morgan fingerprint density at radius 2 is 1.73 bits per heavy atom. The topological polar surface area (TPSA) is 40.5 Å². The molecule has 0 unspecified atom stereocenters. The van der Waals surface area contributed by atoms with Gasteiger partial charge in [-0.05, 0) is 31.2 Å². The number of nitrogens with zero attached hydrogens (tertiary/aromatic N) is 1. The van der Waals surface area contributed by atoms with E-state index in [-0.39, 0.29) is 11.7 Å². The van der Waals surface area contributed by atoms with Crippen LogP contribution < -0.4 is 0 Å². The predicted molar refractivity (Wildman–Crippen MR) is 62.1 cm³/mol. The number of amides is 1. The van der Waals surface area contributed by atoms with Crippen LogP contribution in [0.15, 0.2) is 24.3 Å². The van der Waals surface area contributed by atoms with Crippen LogP contribution >= 0.6 is 0 Å². The summed E-state index contributed by atoms with van der Waals surface area (Å²) in [7, 11) is 1.75.